The van der Waals surface area contributed by atoms with Gasteiger partial charge in [0.15, 0.2) is 0 Å². The molecule has 5 nitrogen and oxygen atoms in total. The third-order valence-electron chi connectivity index (χ3n) is 0.911. The van der Waals surface area contributed by atoms with Crippen LogP contribution in [0, 0.1) is 0 Å². The van der Waals surface area contributed by atoms with E-state index in [9.17, 15) is 21.6 Å². The van der Waals surface area contributed by atoms with Gasteiger partial charge >= 0.3 is 24.2 Å². The highest BCUT2D eigenvalue weighted by atomic mass is 32.2. The van der Waals surface area contributed by atoms with Gasteiger partial charge in [0, 0.05) is 0 Å². The molecule has 0 unspecified atom stereocenters. The van der Waals surface area contributed by atoms with Crippen LogP contribution < -0.4 is 0 Å². The van der Waals surface area contributed by atoms with Gasteiger partial charge < -0.3 is 9.05 Å². The van der Waals surface area contributed by atoms with Crippen molar-refractivity contribution in [2.75, 3.05) is 13.2 Å². The van der Waals surface area contributed by atoms with Crippen molar-refractivity contribution in [2.24, 2.45) is 0 Å². The summed E-state index contributed by atoms with van der Waals surface area (Å²) >= 11 is 0. The van der Waals surface area contributed by atoms with Crippen LogP contribution in [0.15, 0.2) is 0 Å². The Hall–Kier alpha value is 0.0500. The lowest BCUT2D eigenvalue weighted by Gasteiger charge is -2.15. The van der Waals surface area contributed by atoms with E-state index in [1.807, 2.05) is 0 Å². The fourth-order valence-electron chi connectivity index (χ4n) is 0.413. The topological polar surface area (TPSA) is 61.8 Å². The van der Waals surface area contributed by atoms with Crippen molar-refractivity contribution in [2.45, 2.75) is 19.4 Å². The van der Waals surface area contributed by atoms with E-state index < -0.39 is 24.2 Å². The van der Waals surface area contributed by atoms with Crippen LogP contribution in [0.25, 0.3) is 0 Å². The molecular weight excluding hydrogens is 260 g/mol. The zero-order chi connectivity index (χ0) is 12.1. The minimum Gasteiger partial charge on any atom is -0.312 e. The van der Waals surface area contributed by atoms with E-state index >= 15 is 0 Å². The minimum absolute atomic E-state index is 0.0148. The molecule has 0 heterocycles. The van der Waals surface area contributed by atoms with E-state index in [0.717, 1.165) is 0 Å². The third-order valence-corrected chi connectivity index (χ3v) is 3.69. The summed E-state index contributed by atoms with van der Waals surface area (Å²) in [5.41, 5.74) is -5.47. The predicted octanol–water partition coefficient (Wildman–Crippen LogP) is 2.15. The molecule has 0 spiro atoms. The Morgan fingerprint density at radius 3 is 1.80 bits per heavy atom. The molecule has 0 bridgehead atoms. The molecule has 0 fully saturated rings. The number of hydrogen-bond acceptors (Lipinski definition) is 5. The molecule has 0 saturated heterocycles. The molecule has 0 atom stereocenters. The monoisotopic (exact) mass is 270 g/mol. The normalized spacial score (nSPS) is 13.5. The first-order valence-electron chi connectivity index (χ1n) is 3.81. The van der Waals surface area contributed by atoms with E-state index in [2.05, 4.69) is 13.0 Å². The maximum absolute atomic E-state index is 11.9. The van der Waals surface area contributed by atoms with Crippen LogP contribution >= 0.6 is 8.60 Å². The Morgan fingerprint density at radius 1 is 1.13 bits per heavy atom. The summed E-state index contributed by atoms with van der Waals surface area (Å²) in [6.07, 6.45) is 0. The average molecular weight is 270 g/mol. The maximum atomic E-state index is 11.9. The van der Waals surface area contributed by atoms with Crippen LogP contribution in [0.4, 0.5) is 13.2 Å². The Bertz CT molecular complexity index is 271. The first kappa shape index (κ1) is 15.0. The zero-order valence-corrected chi connectivity index (χ0v) is 9.66. The van der Waals surface area contributed by atoms with E-state index in [0.29, 0.717) is 0 Å². The van der Waals surface area contributed by atoms with Crippen LogP contribution in [0.5, 0.6) is 0 Å². The fraction of sp³-hybridized carbons (Fsp3) is 1.00. The van der Waals surface area contributed by atoms with Crippen LogP contribution in [0.2, 0.25) is 0 Å². The lowest BCUT2D eigenvalue weighted by molar-refractivity contribution is -0.0507. The molecule has 0 aromatic carbocycles. The highest BCUT2D eigenvalue weighted by molar-refractivity contribution is 7.91. The summed E-state index contributed by atoms with van der Waals surface area (Å²) in [4.78, 5) is 0. The second kappa shape index (κ2) is 5.95. The van der Waals surface area contributed by atoms with E-state index in [1.54, 1.807) is 0 Å². The standard InChI is InChI=1S/C5H10F3O5PS/c1-3-11-14(12-4-2)13-15(9,10)5(6,7)8/h3-4H2,1-2H3. The molecule has 0 aliphatic rings. The molecule has 10 heteroatoms. The SMILES string of the molecule is CCOP(OCC)OS(=O)(=O)C(F)(F)F. The average Bonchev–Trinajstić information content (AvgIpc) is 2.02. The van der Waals surface area contributed by atoms with Gasteiger partial charge in [0.2, 0.25) is 0 Å². The van der Waals surface area contributed by atoms with Gasteiger partial charge in [-0.3, -0.25) is 0 Å². The van der Waals surface area contributed by atoms with Gasteiger partial charge in [0.25, 0.3) is 0 Å². The molecule has 0 aliphatic carbocycles. The van der Waals surface area contributed by atoms with Crippen molar-refractivity contribution >= 4 is 18.7 Å². The zero-order valence-electron chi connectivity index (χ0n) is 7.94. The van der Waals surface area contributed by atoms with Crippen LogP contribution in [0.1, 0.15) is 13.8 Å². The Labute approximate surface area is 86.6 Å². The molecule has 0 radical (unpaired) electrons. The predicted molar refractivity (Wildman–Crippen MR) is 46.2 cm³/mol. The highest BCUT2D eigenvalue weighted by Gasteiger charge is 2.49. The van der Waals surface area contributed by atoms with Crippen molar-refractivity contribution in [1.82, 2.24) is 0 Å². The number of hydrogen-bond donors (Lipinski definition) is 0. The second-order valence-corrected chi connectivity index (χ2v) is 4.96. The number of halogens is 3. The van der Waals surface area contributed by atoms with Crippen LogP contribution in [-0.4, -0.2) is 27.1 Å². The molecule has 92 valence electrons. The number of alkyl halides is 3. The summed E-state index contributed by atoms with van der Waals surface area (Å²) in [6, 6.07) is 0. The Morgan fingerprint density at radius 2 is 1.53 bits per heavy atom. The van der Waals surface area contributed by atoms with E-state index in [4.69, 9.17) is 0 Å². The molecular formula is C5H10F3O5PS. The van der Waals surface area contributed by atoms with Crippen molar-refractivity contribution in [3.63, 3.8) is 0 Å². The molecule has 0 aliphatic heterocycles. The summed E-state index contributed by atoms with van der Waals surface area (Å²) < 4.78 is 69.5. The molecule has 0 amide bonds. The quantitative estimate of drug-likeness (QED) is 0.546. The van der Waals surface area contributed by atoms with Gasteiger partial charge in [-0.05, 0) is 13.8 Å². The second-order valence-electron chi connectivity index (χ2n) is 2.03. The summed E-state index contributed by atoms with van der Waals surface area (Å²) in [6.45, 7) is 2.91. The van der Waals surface area contributed by atoms with E-state index in [1.165, 1.54) is 13.8 Å². The molecule has 0 aromatic heterocycles. The van der Waals surface area contributed by atoms with Crippen molar-refractivity contribution < 1.29 is 34.6 Å². The number of rotatable bonds is 6. The summed E-state index contributed by atoms with van der Waals surface area (Å²) in [5, 5.41) is 0. The van der Waals surface area contributed by atoms with Crippen LogP contribution in [0.3, 0.4) is 0 Å². The lowest BCUT2D eigenvalue weighted by atomic mass is 10.9. The van der Waals surface area contributed by atoms with Gasteiger partial charge in [-0.1, -0.05) is 0 Å². The minimum atomic E-state index is -5.66. The fourth-order valence-corrected chi connectivity index (χ4v) is 2.23. The highest BCUT2D eigenvalue weighted by Crippen LogP contribution is 2.44. The van der Waals surface area contributed by atoms with Gasteiger partial charge in [-0.2, -0.15) is 25.6 Å². The third kappa shape index (κ3) is 5.07. The Kier molecular flexibility index (Phi) is 5.97. The molecule has 0 saturated carbocycles. The molecule has 15 heavy (non-hydrogen) atoms. The van der Waals surface area contributed by atoms with Gasteiger partial charge in [0.05, 0.1) is 13.2 Å². The summed E-state index contributed by atoms with van der Waals surface area (Å²) in [7, 11) is -8.18. The van der Waals surface area contributed by atoms with Gasteiger partial charge in [-0.15, -0.1) is 0 Å². The molecule has 0 aromatic rings. The first-order chi connectivity index (χ1) is 6.74. The van der Waals surface area contributed by atoms with Gasteiger partial charge in [0.1, 0.15) is 0 Å². The van der Waals surface area contributed by atoms with E-state index in [-0.39, 0.29) is 13.2 Å². The largest absolute Gasteiger partial charge is 0.523 e. The van der Waals surface area contributed by atoms with Crippen molar-refractivity contribution in [3.05, 3.63) is 0 Å². The lowest BCUT2D eigenvalue weighted by Crippen LogP contribution is -2.24. The van der Waals surface area contributed by atoms with Crippen molar-refractivity contribution in [1.29, 1.82) is 0 Å². The Balaban J connectivity index is 4.53. The van der Waals surface area contributed by atoms with Crippen molar-refractivity contribution in [3.8, 4) is 0 Å². The summed E-state index contributed by atoms with van der Waals surface area (Å²) in [5.74, 6) is 0. The maximum Gasteiger partial charge on any atom is 0.523 e. The molecule has 0 N–H and O–H groups in total. The van der Waals surface area contributed by atoms with Crippen LogP contribution in [-0.2, 0) is 23.1 Å². The molecule has 0 rings (SSSR count). The first-order valence-corrected chi connectivity index (χ1v) is 6.31. The van der Waals surface area contributed by atoms with Gasteiger partial charge in [-0.25, -0.2) is 0 Å². The smallest absolute Gasteiger partial charge is 0.312 e.